The maximum Gasteiger partial charge on any atom is 0.330 e. The Morgan fingerprint density at radius 3 is 2.22 bits per heavy atom. The summed E-state index contributed by atoms with van der Waals surface area (Å²) in [6.07, 6.45) is 4.18. The Kier molecular flexibility index (Phi) is 14.1. The number of methoxy groups -OCH3 is 1. The first-order valence-electron chi connectivity index (χ1n) is 6.62. The molecule has 1 rings (SSSR count). The molecule has 0 saturated carbocycles. The van der Waals surface area contributed by atoms with Gasteiger partial charge in [-0.3, -0.25) is 0 Å². The molecule has 0 bridgehead atoms. The highest BCUT2D eigenvalue weighted by atomic mass is 16.5. The van der Waals surface area contributed by atoms with E-state index in [0.717, 1.165) is 12.0 Å². The molecule has 102 valence electrons. The van der Waals surface area contributed by atoms with Crippen molar-refractivity contribution in [3.05, 3.63) is 41.5 Å². The van der Waals surface area contributed by atoms with Gasteiger partial charge in [0.15, 0.2) is 0 Å². The normalized spacial score (nSPS) is 8.78. The molecule has 0 unspecified atom stereocenters. The second-order valence-electron chi connectivity index (χ2n) is 2.91. The third kappa shape index (κ3) is 7.66. The van der Waals surface area contributed by atoms with Gasteiger partial charge in [0.05, 0.1) is 7.11 Å². The van der Waals surface area contributed by atoms with Crippen LogP contribution in [0.15, 0.2) is 30.3 Å². The molecule has 2 heteroatoms. The van der Waals surface area contributed by atoms with E-state index in [2.05, 4.69) is 17.7 Å². The van der Waals surface area contributed by atoms with Crippen LogP contribution in [0.5, 0.6) is 0 Å². The highest BCUT2D eigenvalue weighted by Gasteiger charge is 1.96. The summed E-state index contributed by atoms with van der Waals surface area (Å²) >= 11 is 0. The van der Waals surface area contributed by atoms with E-state index in [-0.39, 0.29) is 5.97 Å². The minimum Gasteiger partial charge on any atom is -0.466 e. The maximum atomic E-state index is 10.9. The molecule has 1 aromatic rings. The summed E-state index contributed by atoms with van der Waals surface area (Å²) in [7, 11) is 1.37. The van der Waals surface area contributed by atoms with Gasteiger partial charge in [0.1, 0.15) is 0 Å². The van der Waals surface area contributed by atoms with Gasteiger partial charge in [-0.1, -0.05) is 58.9 Å². The van der Waals surface area contributed by atoms with Crippen LogP contribution in [-0.4, -0.2) is 13.1 Å². The van der Waals surface area contributed by atoms with Gasteiger partial charge >= 0.3 is 5.97 Å². The molecule has 0 aliphatic heterocycles. The van der Waals surface area contributed by atoms with Gasteiger partial charge in [0.2, 0.25) is 0 Å². The first-order chi connectivity index (χ1) is 8.77. The standard InChI is InChI=1S/C12H14O2.2C2H6/c1-3-10-6-4-5-7-11(10)8-9-12(13)14-2;2*1-2/h4-9H,3H2,1-2H3;2*1-2H3/b9-8+;;. The van der Waals surface area contributed by atoms with Crippen molar-refractivity contribution in [1.82, 2.24) is 0 Å². The molecule has 0 aliphatic rings. The fourth-order valence-corrected chi connectivity index (χ4v) is 1.24. The molecule has 0 aromatic heterocycles. The van der Waals surface area contributed by atoms with Gasteiger partial charge < -0.3 is 4.74 Å². The molecule has 0 radical (unpaired) electrons. The number of benzene rings is 1. The molecule has 1 aromatic carbocycles. The fourth-order valence-electron chi connectivity index (χ4n) is 1.24. The molecular formula is C16H26O2. The topological polar surface area (TPSA) is 26.3 Å². The van der Waals surface area contributed by atoms with Gasteiger partial charge in [0.25, 0.3) is 0 Å². The van der Waals surface area contributed by atoms with Crippen LogP contribution < -0.4 is 0 Å². The van der Waals surface area contributed by atoms with E-state index in [1.54, 1.807) is 6.08 Å². The molecular weight excluding hydrogens is 224 g/mol. The van der Waals surface area contributed by atoms with E-state index in [0.29, 0.717) is 0 Å². The molecule has 0 saturated heterocycles. The van der Waals surface area contributed by atoms with E-state index in [1.165, 1.54) is 18.7 Å². The molecule has 0 aliphatic carbocycles. The Hall–Kier alpha value is -1.57. The highest BCUT2D eigenvalue weighted by molar-refractivity contribution is 5.87. The Bertz CT molecular complexity index is 341. The summed E-state index contributed by atoms with van der Waals surface area (Å²) in [5.41, 5.74) is 2.30. The molecule has 0 N–H and O–H groups in total. The predicted molar refractivity (Wildman–Crippen MR) is 79.6 cm³/mol. The van der Waals surface area contributed by atoms with Crippen molar-refractivity contribution in [2.24, 2.45) is 0 Å². The third-order valence-corrected chi connectivity index (χ3v) is 2.04. The van der Waals surface area contributed by atoms with E-state index in [1.807, 2.05) is 45.9 Å². The molecule has 0 atom stereocenters. The lowest BCUT2D eigenvalue weighted by Gasteiger charge is -2.01. The monoisotopic (exact) mass is 250 g/mol. The highest BCUT2D eigenvalue weighted by Crippen LogP contribution is 2.11. The zero-order valence-corrected chi connectivity index (χ0v) is 12.5. The van der Waals surface area contributed by atoms with Crippen molar-refractivity contribution < 1.29 is 9.53 Å². The Morgan fingerprint density at radius 2 is 1.72 bits per heavy atom. The van der Waals surface area contributed by atoms with Gasteiger partial charge in [-0.2, -0.15) is 0 Å². The van der Waals surface area contributed by atoms with Crippen LogP contribution in [0.2, 0.25) is 0 Å². The minimum absolute atomic E-state index is 0.323. The number of esters is 1. The first kappa shape index (κ1) is 18.8. The lowest BCUT2D eigenvalue weighted by Crippen LogP contribution is -1.94. The summed E-state index contributed by atoms with van der Waals surface area (Å²) in [5.74, 6) is -0.323. The van der Waals surface area contributed by atoms with Crippen LogP contribution in [0.3, 0.4) is 0 Å². The summed E-state index contributed by atoms with van der Waals surface area (Å²) in [6, 6.07) is 7.99. The number of aryl methyl sites for hydroxylation is 1. The Balaban J connectivity index is 0. The molecule has 0 fully saturated rings. The average Bonchev–Trinajstić information content (AvgIpc) is 2.49. The number of hydrogen-bond acceptors (Lipinski definition) is 2. The Labute approximate surface area is 112 Å². The van der Waals surface area contributed by atoms with Crippen molar-refractivity contribution in [1.29, 1.82) is 0 Å². The van der Waals surface area contributed by atoms with Gasteiger partial charge in [-0.05, 0) is 23.6 Å². The van der Waals surface area contributed by atoms with Crippen molar-refractivity contribution in [3.63, 3.8) is 0 Å². The minimum atomic E-state index is -0.323. The van der Waals surface area contributed by atoms with Crippen LogP contribution in [-0.2, 0) is 16.0 Å². The predicted octanol–water partition coefficient (Wildman–Crippen LogP) is 4.49. The zero-order valence-electron chi connectivity index (χ0n) is 12.5. The largest absolute Gasteiger partial charge is 0.466 e. The second-order valence-corrected chi connectivity index (χ2v) is 2.91. The average molecular weight is 250 g/mol. The van der Waals surface area contributed by atoms with Crippen molar-refractivity contribution in [3.8, 4) is 0 Å². The molecule has 0 spiro atoms. The van der Waals surface area contributed by atoms with Crippen LogP contribution in [0.25, 0.3) is 6.08 Å². The van der Waals surface area contributed by atoms with E-state index in [9.17, 15) is 4.79 Å². The lowest BCUT2D eigenvalue weighted by molar-refractivity contribution is -0.134. The van der Waals surface area contributed by atoms with Crippen LogP contribution in [0.4, 0.5) is 0 Å². The van der Waals surface area contributed by atoms with Crippen LogP contribution in [0.1, 0.15) is 45.7 Å². The van der Waals surface area contributed by atoms with E-state index >= 15 is 0 Å². The summed E-state index contributed by atoms with van der Waals surface area (Å²) in [6.45, 7) is 10.1. The molecule has 2 nitrogen and oxygen atoms in total. The summed E-state index contributed by atoms with van der Waals surface area (Å²) < 4.78 is 4.52. The maximum absolute atomic E-state index is 10.9. The molecule has 0 amide bonds. The van der Waals surface area contributed by atoms with E-state index in [4.69, 9.17) is 0 Å². The number of carbonyl (C=O) groups is 1. The first-order valence-corrected chi connectivity index (χ1v) is 6.62. The van der Waals surface area contributed by atoms with Crippen molar-refractivity contribution in [2.75, 3.05) is 7.11 Å². The molecule has 18 heavy (non-hydrogen) atoms. The SMILES string of the molecule is CC.CC.CCc1ccccc1/C=C/C(=O)OC. The van der Waals surface area contributed by atoms with Gasteiger partial charge in [-0.15, -0.1) is 0 Å². The second kappa shape index (κ2) is 13.5. The van der Waals surface area contributed by atoms with Crippen LogP contribution in [0, 0.1) is 0 Å². The van der Waals surface area contributed by atoms with Crippen molar-refractivity contribution in [2.45, 2.75) is 41.0 Å². The third-order valence-electron chi connectivity index (χ3n) is 2.04. The number of carbonyl (C=O) groups excluding carboxylic acids is 1. The Morgan fingerprint density at radius 1 is 1.17 bits per heavy atom. The number of hydrogen-bond donors (Lipinski definition) is 0. The molecule has 0 heterocycles. The number of rotatable bonds is 3. The number of ether oxygens (including phenoxy) is 1. The quantitative estimate of drug-likeness (QED) is 0.583. The van der Waals surface area contributed by atoms with Gasteiger partial charge in [0, 0.05) is 6.08 Å². The smallest absolute Gasteiger partial charge is 0.330 e. The summed E-state index contributed by atoms with van der Waals surface area (Å²) in [5, 5.41) is 0. The van der Waals surface area contributed by atoms with E-state index < -0.39 is 0 Å². The lowest BCUT2D eigenvalue weighted by atomic mass is 10.1. The van der Waals surface area contributed by atoms with Gasteiger partial charge in [-0.25, -0.2) is 4.79 Å². The fraction of sp³-hybridized carbons (Fsp3) is 0.438. The van der Waals surface area contributed by atoms with Crippen LogP contribution >= 0.6 is 0 Å². The van der Waals surface area contributed by atoms with Crippen molar-refractivity contribution >= 4 is 12.0 Å². The zero-order chi connectivity index (χ0) is 14.4. The summed E-state index contributed by atoms with van der Waals surface area (Å²) in [4.78, 5) is 10.9.